The summed E-state index contributed by atoms with van der Waals surface area (Å²) in [5.41, 5.74) is 1.74. The van der Waals surface area contributed by atoms with Gasteiger partial charge in [-0.1, -0.05) is 6.07 Å². The Bertz CT molecular complexity index is 1020. The molecule has 1 heterocycles. The van der Waals surface area contributed by atoms with Crippen LogP contribution in [0.15, 0.2) is 54.6 Å². The summed E-state index contributed by atoms with van der Waals surface area (Å²) < 4.78 is 18.4. The number of carbonyl (C=O) groups excluding carboxylic acids is 1. The number of benzene rings is 2. The van der Waals surface area contributed by atoms with Crippen molar-refractivity contribution in [2.45, 2.75) is 6.92 Å². The van der Waals surface area contributed by atoms with E-state index in [0.717, 1.165) is 5.56 Å². The van der Waals surface area contributed by atoms with Crippen molar-refractivity contribution in [3.63, 3.8) is 0 Å². The van der Waals surface area contributed by atoms with Crippen LogP contribution in [0.3, 0.4) is 0 Å². The van der Waals surface area contributed by atoms with E-state index < -0.39 is 10.8 Å². The molecule has 148 valence electrons. The van der Waals surface area contributed by atoms with Gasteiger partial charge in [0.05, 0.1) is 17.2 Å². The maximum atomic E-state index is 13.0. The van der Waals surface area contributed by atoms with Crippen LogP contribution in [0.25, 0.3) is 11.3 Å². The van der Waals surface area contributed by atoms with Gasteiger partial charge in [0.2, 0.25) is 5.88 Å². The van der Waals surface area contributed by atoms with Crippen molar-refractivity contribution in [2.75, 3.05) is 13.2 Å². The quantitative estimate of drug-likeness (QED) is 0.373. The number of hydrogen-bond donors (Lipinski definition) is 1. The van der Waals surface area contributed by atoms with E-state index in [0.29, 0.717) is 11.3 Å². The summed E-state index contributed by atoms with van der Waals surface area (Å²) >= 11 is 0. The van der Waals surface area contributed by atoms with Gasteiger partial charge in [0.15, 0.2) is 0 Å². The molecule has 3 rings (SSSR count). The molecule has 0 saturated carbocycles. The van der Waals surface area contributed by atoms with Crippen LogP contribution < -0.4 is 10.1 Å². The number of amides is 1. The minimum absolute atomic E-state index is 0.106. The SMILES string of the molecule is Cc1c(C(=O)NCCOc2ccc(-c3ccc(F)cc3)nn2)cccc1[N+](=O)[O-]. The van der Waals surface area contributed by atoms with E-state index >= 15 is 0 Å². The number of nitro benzene ring substituents is 1. The average molecular weight is 396 g/mol. The summed E-state index contributed by atoms with van der Waals surface area (Å²) in [5, 5.41) is 21.6. The first-order valence-electron chi connectivity index (χ1n) is 8.70. The number of hydrogen-bond acceptors (Lipinski definition) is 6. The molecule has 3 aromatic rings. The summed E-state index contributed by atoms with van der Waals surface area (Å²) in [4.78, 5) is 22.7. The van der Waals surface area contributed by atoms with Gasteiger partial charge in [0, 0.05) is 28.8 Å². The zero-order valence-electron chi connectivity index (χ0n) is 15.5. The van der Waals surface area contributed by atoms with Crippen LogP contribution in [-0.2, 0) is 0 Å². The van der Waals surface area contributed by atoms with Gasteiger partial charge in [-0.25, -0.2) is 4.39 Å². The maximum absolute atomic E-state index is 13.0. The highest BCUT2D eigenvalue weighted by Gasteiger charge is 2.17. The van der Waals surface area contributed by atoms with Gasteiger partial charge in [-0.2, -0.15) is 0 Å². The fourth-order valence-corrected chi connectivity index (χ4v) is 2.65. The van der Waals surface area contributed by atoms with Crippen molar-refractivity contribution in [1.82, 2.24) is 15.5 Å². The Morgan fingerprint density at radius 2 is 1.90 bits per heavy atom. The highest BCUT2D eigenvalue weighted by molar-refractivity contribution is 5.96. The summed E-state index contributed by atoms with van der Waals surface area (Å²) in [6.45, 7) is 1.86. The average Bonchev–Trinajstić information content (AvgIpc) is 2.72. The van der Waals surface area contributed by atoms with E-state index in [4.69, 9.17) is 4.74 Å². The van der Waals surface area contributed by atoms with E-state index in [1.165, 1.54) is 37.3 Å². The molecule has 0 bridgehead atoms. The molecule has 0 aliphatic heterocycles. The summed E-state index contributed by atoms with van der Waals surface area (Å²) in [7, 11) is 0. The normalized spacial score (nSPS) is 10.4. The van der Waals surface area contributed by atoms with Crippen LogP contribution in [0.1, 0.15) is 15.9 Å². The lowest BCUT2D eigenvalue weighted by molar-refractivity contribution is -0.385. The van der Waals surface area contributed by atoms with Crippen molar-refractivity contribution >= 4 is 11.6 Å². The minimum atomic E-state index is -0.524. The predicted octanol–water partition coefficient (Wildman–Crippen LogP) is 3.31. The summed E-state index contributed by atoms with van der Waals surface area (Å²) in [6, 6.07) is 13.5. The van der Waals surface area contributed by atoms with Gasteiger partial charge in [-0.15, -0.1) is 10.2 Å². The van der Waals surface area contributed by atoms with Crippen LogP contribution in [0.2, 0.25) is 0 Å². The molecule has 0 radical (unpaired) electrons. The lowest BCUT2D eigenvalue weighted by atomic mass is 10.1. The van der Waals surface area contributed by atoms with Crippen LogP contribution in [-0.4, -0.2) is 34.2 Å². The molecular weight excluding hydrogens is 379 g/mol. The molecule has 1 amide bonds. The predicted molar refractivity (Wildman–Crippen MR) is 103 cm³/mol. The number of nitrogens with one attached hydrogen (secondary N) is 1. The monoisotopic (exact) mass is 396 g/mol. The number of carbonyl (C=O) groups is 1. The highest BCUT2D eigenvalue weighted by atomic mass is 19.1. The van der Waals surface area contributed by atoms with Gasteiger partial charge >= 0.3 is 0 Å². The first-order valence-corrected chi connectivity index (χ1v) is 8.70. The Kier molecular flexibility index (Phi) is 6.08. The van der Waals surface area contributed by atoms with E-state index in [1.807, 2.05) is 0 Å². The van der Waals surface area contributed by atoms with Crippen molar-refractivity contribution in [3.8, 4) is 17.1 Å². The highest BCUT2D eigenvalue weighted by Crippen LogP contribution is 2.21. The number of nitrogens with zero attached hydrogens (tertiary/aromatic N) is 3. The lowest BCUT2D eigenvalue weighted by Gasteiger charge is -2.09. The fraction of sp³-hybridized carbons (Fsp3) is 0.150. The molecule has 1 N–H and O–H groups in total. The Morgan fingerprint density at radius 3 is 2.55 bits per heavy atom. The van der Waals surface area contributed by atoms with Crippen molar-refractivity contribution in [1.29, 1.82) is 0 Å². The third kappa shape index (κ3) is 4.89. The molecule has 0 fully saturated rings. The molecule has 1 aromatic heterocycles. The molecule has 29 heavy (non-hydrogen) atoms. The number of halogens is 1. The Morgan fingerprint density at radius 1 is 1.14 bits per heavy atom. The van der Waals surface area contributed by atoms with E-state index in [-0.39, 0.29) is 36.1 Å². The number of ether oxygens (including phenoxy) is 1. The van der Waals surface area contributed by atoms with Gasteiger partial charge < -0.3 is 10.1 Å². The topological polar surface area (TPSA) is 107 Å². The molecule has 8 nitrogen and oxygen atoms in total. The maximum Gasteiger partial charge on any atom is 0.273 e. The molecule has 0 atom stereocenters. The largest absolute Gasteiger partial charge is 0.475 e. The molecule has 0 spiro atoms. The zero-order valence-corrected chi connectivity index (χ0v) is 15.5. The van der Waals surface area contributed by atoms with Crippen LogP contribution in [0.5, 0.6) is 5.88 Å². The van der Waals surface area contributed by atoms with Crippen LogP contribution in [0.4, 0.5) is 10.1 Å². The second-order valence-electron chi connectivity index (χ2n) is 6.07. The first kappa shape index (κ1) is 19.9. The Hall–Kier alpha value is -3.88. The molecule has 0 unspecified atom stereocenters. The third-order valence-electron chi connectivity index (χ3n) is 4.16. The molecule has 0 aliphatic rings. The fourth-order valence-electron chi connectivity index (χ4n) is 2.65. The first-order chi connectivity index (χ1) is 14.0. The standard InChI is InChI=1S/C20H17FN4O4/c1-13-16(3-2-4-18(13)25(27)28)20(26)22-11-12-29-19-10-9-17(23-24-19)14-5-7-15(21)8-6-14/h2-10H,11-12H2,1H3,(H,22,26). The van der Waals surface area contributed by atoms with E-state index in [9.17, 15) is 19.3 Å². The molecule has 0 aliphatic carbocycles. The minimum Gasteiger partial charge on any atom is -0.475 e. The number of nitro groups is 1. The zero-order chi connectivity index (χ0) is 20.8. The van der Waals surface area contributed by atoms with Crippen molar-refractivity contribution in [2.24, 2.45) is 0 Å². The second kappa shape index (κ2) is 8.87. The third-order valence-corrected chi connectivity index (χ3v) is 4.16. The molecule has 9 heteroatoms. The van der Waals surface area contributed by atoms with Gasteiger partial charge in [0.25, 0.3) is 11.6 Å². The molecule has 0 saturated heterocycles. The van der Waals surface area contributed by atoms with Crippen LogP contribution >= 0.6 is 0 Å². The summed E-state index contributed by atoms with van der Waals surface area (Å²) in [6.07, 6.45) is 0. The van der Waals surface area contributed by atoms with Crippen molar-refractivity contribution in [3.05, 3.63) is 81.7 Å². The smallest absolute Gasteiger partial charge is 0.273 e. The van der Waals surface area contributed by atoms with E-state index in [1.54, 1.807) is 24.3 Å². The van der Waals surface area contributed by atoms with E-state index in [2.05, 4.69) is 15.5 Å². The van der Waals surface area contributed by atoms with Crippen LogP contribution in [0, 0.1) is 22.9 Å². The second-order valence-corrected chi connectivity index (χ2v) is 6.07. The van der Waals surface area contributed by atoms with Gasteiger partial charge in [-0.3, -0.25) is 14.9 Å². The molecular formula is C20H17FN4O4. The Balaban J connectivity index is 1.52. The van der Waals surface area contributed by atoms with Gasteiger partial charge in [0.1, 0.15) is 12.4 Å². The number of aromatic nitrogens is 2. The summed E-state index contributed by atoms with van der Waals surface area (Å²) in [5.74, 6) is -0.479. The molecule has 2 aromatic carbocycles. The lowest BCUT2D eigenvalue weighted by Crippen LogP contribution is -2.28. The number of rotatable bonds is 7. The Labute approximate surface area is 165 Å². The van der Waals surface area contributed by atoms with Gasteiger partial charge in [-0.05, 0) is 43.3 Å². The van der Waals surface area contributed by atoms with Crippen molar-refractivity contribution < 1.29 is 18.8 Å².